The summed E-state index contributed by atoms with van der Waals surface area (Å²) in [5, 5.41) is 8.84. The lowest BCUT2D eigenvalue weighted by atomic mass is 10.2. The van der Waals surface area contributed by atoms with Gasteiger partial charge in [-0.1, -0.05) is 22.0 Å². The highest BCUT2D eigenvalue weighted by molar-refractivity contribution is 9.10. The topological polar surface area (TPSA) is 118 Å². The smallest absolute Gasteiger partial charge is 0.329 e. The van der Waals surface area contributed by atoms with Crippen molar-refractivity contribution in [1.82, 2.24) is 10.7 Å². The van der Waals surface area contributed by atoms with Gasteiger partial charge in [-0.2, -0.15) is 5.10 Å². The Labute approximate surface area is 194 Å². The molecule has 0 saturated heterocycles. The van der Waals surface area contributed by atoms with Gasteiger partial charge >= 0.3 is 11.8 Å². The second-order valence-corrected chi connectivity index (χ2v) is 7.26. The van der Waals surface area contributed by atoms with Gasteiger partial charge in [-0.3, -0.25) is 14.4 Å². The molecular formula is C22H23BrN4O5. The lowest BCUT2D eigenvalue weighted by molar-refractivity contribution is -0.139. The fraction of sp³-hybridized carbons (Fsp3) is 0.182. The van der Waals surface area contributed by atoms with Crippen molar-refractivity contribution in [2.24, 2.45) is 5.10 Å². The number of carbonyl (C=O) groups excluding carboxylic acids is 3. The van der Waals surface area contributed by atoms with Crippen LogP contribution in [0.5, 0.6) is 11.5 Å². The second kappa shape index (κ2) is 12.3. The number of hydrogen-bond donors (Lipinski definition) is 3. The third-order valence-corrected chi connectivity index (χ3v) is 4.87. The Hall–Kier alpha value is -3.66. The summed E-state index contributed by atoms with van der Waals surface area (Å²) in [5.41, 5.74) is 4.36. The van der Waals surface area contributed by atoms with E-state index in [0.29, 0.717) is 22.7 Å². The fourth-order valence-corrected chi connectivity index (χ4v) is 2.65. The number of aryl methyl sites for hydroxylation is 1. The number of nitrogens with zero attached hydrogens (tertiary/aromatic N) is 1. The number of nitrogens with one attached hydrogen (secondary N) is 3. The average molecular weight is 503 g/mol. The maximum Gasteiger partial charge on any atom is 0.329 e. The van der Waals surface area contributed by atoms with Crippen LogP contribution in [0.15, 0.2) is 58.6 Å². The summed E-state index contributed by atoms with van der Waals surface area (Å²) in [4.78, 5) is 35.2. The summed E-state index contributed by atoms with van der Waals surface area (Å²) in [5.74, 6) is -1.31. The predicted octanol–water partition coefficient (Wildman–Crippen LogP) is 2.54. The Kier molecular flexibility index (Phi) is 9.43. The molecule has 0 bridgehead atoms. The molecule has 0 fully saturated rings. The van der Waals surface area contributed by atoms with Gasteiger partial charge in [0.1, 0.15) is 0 Å². The molecule has 0 unspecified atom stereocenters. The first kappa shape index (κ1) is 24.6. The van der Waals surface area contributed by atoms with Crippen molar-refractivity contribution >= 4 is 45.6 Å². The van der Waals surface area contributed by atoms with Crippen molar-refractivity contribution in [3.05, 3.63) is 64.7 Å². The quantitative estimate of drug-likeness (QED) is 0.210. The molecule has 0 atom stereocenters. The van der Waals surface area contributed by atoms with Crippen molar-refractivity contribution < 1.29 is 23.9 Å². The minimum atomic E-state index is -0.901. The molecule has 3 amide bonds. The van der Waals surface area contributed by atoms with Crippen LogP contribution < -0.4 is 25.5 Å². The molecule has 3 N–H and O–H groups in total. The summed E-state index contributed by atoms with van der Waals surface area (Å²) in [6, 6.07) is 10.4. The molecule has 2 aromatic carbocycles. The van der Waals surface area contributed by atoms with Gasteiger partial charge in [0, 0.05) is 16.7 Å². The molecule has 32 heavy (non-hydrogen) atoms. The van der Waals surface area contributed by atoms with Crippen LogP contribution in [0, 0.1) is 6.92 Å². The predicted molar refractivity (Wildman–Crippen MR) is 125 cm³/mol. The van der Waals surface area contributed by atoms with Crippen LogP contribution in [0.2, 0.25) is 0 Å². The maximum atomic E-state index is 12.2. The van der Waals surface area contributed by atoms with Gasteiger partial charge in [-0.05, 0) is 54.4 Å². The monoisotopic (exact) mass is 502 g/mol. The fourth-order valence-electron chi connectivity index (χ4n) is 2.41. The van der Waals surface area contributed by atoms with Crippen molar-refractivity contribution in [3.8, 4) is 11.5 Å². The van der Waals surface area contributed by atoms with Crippen molar-refractivity contribution in [2.45, 2.75) is 6.92 Å². The van der Waals surface area contributed by atoms with Gasteiger partial charge < -0.3 is 20.1 Å². The SMILES string of the molecule is C=CCNC(=O)C(=O)N/N=C\c1ccc(OCC(=O)Nc2ccc(Br)c(C)c2)c(OC)c1. The summed E-state index contributed by atoms with van der Waals surface area (Å²) >= 11 is 3.41. The molecule has 0 aliphatic rings. The summed E-state index contributed by atoms with van der Waals surface area (Å²) in [6.45, 7) is 5.33. The molecule has 0 saturated carbocycles. The van der Waals surface area contributed by atoms with Crippen molar-refractivity contribution in [1.29, 1.82) is 0 Å². The number of benzene rings is 2. The normalized spacial score (nSPS) is 10.3. The van der Waals surface area contributed by atoms with E-state index in [1.807, 2.05) is 19.1 Å². The van der Waals surface area contributed by atoms with E-state index in [4.69, 9.17) is 9.47 Å². The molecule has 2 aromatic rings. The van der Waals surface area contributed by atoms with Gasteiger partial charge in [-0.25, -0.2) is 5.43 Å². The van der Waals surface area contributed by atoms with Gasteiger partial charge in [-0.15, -0.1) is 6.58 Å². The van der Waals surface area contributed by atoms with Gasteiger partial charge in [0.2, 0.25) is 0 Å². The number of hydrazone groups is 1. The first-order valence-corrected chi connectivity index (χ1v) is 10.2. The number of rotatable bonds is 9. The van der Waals surface area contributed by atoms with Gasteiger partial charge in [0.05, 0.1) is 13.3 Å². The average Bonchev–Trinajstić information content (AvgIpc) is 2.78. The first-order chi connectivity index (χ1) is 15.3. The highest BCUT2D eigenvalue weighted by Gasteiger charge is 2.11. The molecule has 0 heterocycles. The standard InChI is InChI=1S/C22H23BrN4O5/c1-4-9-24-21(29)22(30)27-25-12-15-5-8-18(19(11-15)31-3)32-13-20(28)26-16-6-7-17(23)14(2)10-16/h4-8,10-12H,1,9,13H2,2-3H3,(H,24,29)(H,26,28)(H,27,30)/b25-12-. The first-order valence-electron chi connectivity index (χ1n) is 9.43. The van der Waals surface area contributed by atoms with E-state index in [1.54, 1.807) is 24.3 Å². The van der Waals surface area contributed by atoms with Crippen molar-refractivity contribution in [2.75, 3.05) is 25.6 Å². The Bertz CT molecular complexity index is 1040. The third kappa shape index (κ3) is 7.55. The molecular weight excluding hydrogens is 480 g/mol. The Balaban J connectivity index is 1.92. The molecule has 10 heteroatoms. The highest BCUT2D eigenvalue weighted by Crippen LogP contribution is 2.27. The third-order valence-electron chi connectivity index (χ3n) is 3.98. The van der Waals surface area contributed by atoms with E-state index in [-0.39, 0.29) is 19.1 Å². The summed E-state index contributed by atoms with van der Waals surface area (Å²) < 4.78 is 11.8. The molecule has 0 spiro atoms. The molecule has 0 aliphatic heterocycles. The van der Waals surface area contributed by atoms with Gasteiger partial charge in [0.15, 0.2) is 18.1 Å². The number of ether oxygens (including phenoxy) is 2. The molecule has 9 nitrogen and oxygen atoms in total. The maximum absolute atomic E-state index is 12.2. The lowest BCUT2D eigenvalue weighted by Gasteiger charge is -2.12. The zero-order valence-electron chi connectivity index (χ0n) is 17.6. The van der Waals surface area contributed by atoms with E-state index in [9.17, 15) is 14.4 Å². The lowest BCUT2D eigenvalue weighted by Crippen LogP contribution is -2.37. The molecule has 2 rings (SSSR count). The van der Waals surface area contributed by atoms with Crippen molar-refractivity contribution in [3.63, 3.8) is 0 Å². The zero-order valence-corrected chi connectivity index (χ0v) is 19.2. The summed E-state index contributed by atoms with van der Waals surface area (Å²) in [7, 11) is 1.46. The van der Waals surface area contributed by atoms with Crippen LogP contribution in [0.1, 0.15) is 11.1 Å². The largest absolute Gasteiger partial charge is 0.493 e. The van der Waals surface area contributed by atoms with Crippen LogP contribution in [0.25, 0.3) is 0 Å². The van der Waals surface area contributed by atoms with Crippen LogP contribution >= 0.6 is 15.9 Å². The molecule has 168 valence electrons. The van der Waals surface area contributed by atoms with Crippen LogP contribution in [-0.2, 0) is 14.4 Å². The van der Waals surface area contributed by atoms with Crippen LogP contribution in [0.3, 0.4) is 0 Å². The van der Waals surface area contributed by atoms with Gasteiger partial charge in [0.25, 0.3) is 5.91 Å². The Morgan fingerprint density at radius 3 is 2.59 bits per heavy atom. The number of anilines is 1. The highest BCUT2D eigenvalue weighted by atomic mass is 79.9. The number of methoxy groups -OCH3 is 1. The zero-order chi connectivity index (χ0) is 23.5. The number of amides is 3. The summed E-state index contributed by atoms with van der Waals surface area (Å²) in [6.07, 6.45) is 2.79. The molecule has 0 aliphatic carbocycles. The minimum Gasteiger partial charge on any atom is -0.493 e. The van der Waals surface area contributed by atoms with E-state index < -0.39 is 11.8 Å². The second-order valence-electron chi connectivity index (χ2n) is 6.41. The molecule has 0 radical (unpaired) electrons. The minimum absolute atomic E-state index is 0.176. The molecule has 0 aromatic heterocycles. The van der Waals surface area contributed by atoms with E-state index in [0.717, 1.165) is 10.0 Å². The Morgan fingerprint density at radius 1 is 1.12 bits per heavy atom. The number of carbonyl (C=O) groups is 3. The van der Waals surface area contributed by atoms with E-state index in [1.165, 1.54) is 19.4 Å². The number of hydrogen-bond acceptors (Lipinski definition) is 6. The van der Waals surface area contributed by atoms with E-state index in [2.05, 4.69) is 43.7 Å². The van der Waals surface area contributed by atoms with Crippen LogP contribution in [-0.4, -0.2) is 44.2 Å². The number of halogens is 1. The Morgan fingerprint density at radius 2 is 1.91 bits per heavy atom. The van der Waals surface area contributed by atoms with Crippen LogP contribution in [0.4, 0.5) is 5.69 Å². The van der Waals surface area contributed by atoms with E-state index >= 15 is 0 Å².